The SMILES string of the molecule is COc1ccc(COCC(O)CN2CCN(c3cccc(C(F)(F)F)c3)CC2)cc1OC. The third-order valence-electron chi connectivity index (χ3n) is 5.41. The van der Waals surface area contributed by atoms with Gasteiger partial charge in [0.05, 0.1) is 39.1 Å². The molecule has 1 fully saturated rings. The van der Waals surface area contributed by atoms with E-state index >= 15 is 0 Å². The van der Waals surface area contributed by atoms with E-state index < -0.39 is 17.8 Å². The van der Waals surface area contributed by atoms with Crippen molar-refractivity contribution in [2.45, 2.75) is 18.9 Å². The molecule has 2 aromatic rings. The van der Waals surface area contributed by atoms with E-state index in [2.05, 4.69) is 4.90 Å². The summed E-state index contributed by atoms with van der Waals surface area (Å²) < 4.78 is 55.0. The van der Waals surface area contributed by atoms with Crippen LogP contribution in [0.3, 0.4) is 0 Å². The zero-order chi connectivity index (χ0) is 23.1. The van der Waals surface area contributed by atoms with E-state index in [1.165, 1.54) is 12.1 Å². The predicted molar refractivity (Wildman–Crippen MR) is 115 cm³/mol. The van der Waals surface area contributed by atoms with Gasteiger partial charge in [-0.1, -0.05) is 12.1 Å². The molecule has 1 N–H and O–H groups in total. The van der Waals surface area contributed by atoms with Crippen LogP contribution >= 0.6 is 0 Å². The lowest BCUT2D eigenvalue weighted by atomic mass is 10.1. The maximum Gasteiger partial charge on any atom is 0.416 e. The van der Waals surface area contributed by atoms with Crippen molar-refractivity contribution in [1.82, 2.24) is 4.90 Å². The molecule has 0 aromatic heterocycles. The fourth-order valence-corrected chi connectivity index (χ4v) is 3.70. The van der Waals surface area contributed by atoms with Crippen LogP contribution in [0.15, 0.2) is 42.5 Å². The zero-order valence-corrected chi connectivity index (χ0v) is 18.3. The van der Waals surface area contributed by atoms with Crippen LogP contribution in [0.2, 0.25) is 0 Å². The van der Waals surface area contributed by atoms with Crippen molar-refractivity contribution in [3.8, 4) is 11.5 Å². The maximum atomic E-state index is 12.9. The Morgan fingerprint density at radius 2 is 1.69 bits per heavy atom. The van der Waals surface area contributed by atoms with Gasteiger partial charge in [-0.05, 0) is 35.9 Å². The molecule has 1 saturated heterocycles. The first-order chi connectivity index (χ1) is 15.3. The van der Waals surface area contributed by atoms with Crippen LogP contribution < -0.4 is 14.4 Å². The van der Waals surface area contributed by atoms with E-state index in [1.807, 2.05) is 17.0 Å². The normalized spacial score (nSPS) is 16.1. The number of rotatable bonds is 9. The van der Waals surface area contributed by atoms with Gasteiger partial charge in [0.25, 0.3) is 0 Å². The highest BCUT2D eigenvalue weighted by molar-refractivity contribution is 5.49. The smallest absolute Gasteiger partial charge is 0.416 e. The molecule has 0 aliphatic carbocycles. The topological polar surface area (TPSA) is 54.4 Å². The first-order valence-corrected chi connectivity index (χ1v) is 10.4. The van der Waals surface area contributed by atoms with E-state index in [0.29, 0.717) is 56.5 Å². The van der Waals surface area contributed by atoms with Crippen molar-refractivity contribution in [2.24, 2.45) is 0 Å². The number of hydrogen-bond donors (Lipinski definition) is 1. The highest BCUT2D eigenvalue weighted by Gasteiger charge is 2.31. The van der Waals surface area contributed by atoms with Crippen molar-refractivity contribution in [1.29, 1.82) is 0 Å². The number of halogens is 3. The number of nitrogens with zero attached hydrogens (tertiary/aromatic N) is 2. The Labute approximate surface area is 186 Å². The van der Waals surface area contributed by atoms with Gasteiger partial charge in [0, 0.05) is 38.4 Å². The number of β-amino-alcohol motifs (C(OH)–C–C–N with tert-alkyl or cyclic N) is 1. The molecule has 1 aliphatic heterocycles. The minimum atomic E-state index is -4.35. The summed E-state index contributed by atoms with van der Waals surface area (Å²) in [6.45, 7) is 3.47. The average molecular weight is 454 g/mol. The molecule has 0 spiro atoms. The third kappa shape index (κ3) is 6.51. The van der Waals surface area contributed by atoms with Crippen LogP contribution in [-0.4, -0.2) is 69.7 Å². The van der Waals surface area contributed by atoms with Crippen molar-refractivity contribution in [3.63, 3.8) is 0 Å². The number of aliphatic hydroxyl groups is 1. The second kappa shape index (κ2) is 10.9. The number of methoxy groups -OCH3 is 2. The molecule has 0 radical (unpaired) electrons. The number of benzene rings is 2. The lowest BCUT2D eigenvalue weighted by molar-refractivity contribution is -0.137. The van der Waals surface area contributed by atoms with Crippen molar-refractivity contribution < 1.29 is 32.5 Å². The molecular weight excluding hydrogens is 425 g/mol. The molecule has 32 heavy (non-hydrogen) atoms. The molecule has 0 bridgehead atoms. The minimum Gasteiger partial charge on any atom is -0.493 e. The second-order valence-corrected chi connectivity index (χ2v) is 7.69. The van der Waals surface area contributed by atoms with Gasteiger partial charge in [-0.25, -0.2) is 0 Å². The molecule has 1 atom stereocenters. The fourth-order valence-electron chi connectivity index (χ4n) is 3.70. The summed E-state index contributed by atoms with van der Waals surface area (Å²) >= 11 is 0. The van der Waals surface area contributed by atoms with E-state index in [0.717, 1.165) is 11.6 Å². The van der Waals surface area contributed by atoms with Gasteiger partial charge in [-0.2, -0.15) is 13.2 Å². The Kier molecular flexibility index (Phi) is 8.22. The van der Waals surface area contributed by atoms with Crippen molar-refractivity contribution in [3.05, 3.63) is 53.6 Å². The quantitative estimate of drug-likeness (QED) is 0.627. The summed E-state index contributed by atoms with van der Waals surface area (Å²) in [5.41, 5.74) is 0.835. The largest absolute Gasteiger partial charge is 0.493 e. The first-order valence-electron chi connectivity index (χ1n) is 10.4. The number of piperazine rings is 1. The molecule has 1 unspecified atom stereocenters. The van der Waals surface area contributed by atoms with Gasteiger partial charge in [0.2, 0.25) is 0 Å². The number of hydrogen-bond acceptors (Lipinski definition) is 6. The molecular formula is C23H29F3N2O4. The lowest BCUT2D eigenvalue weighted by Crippen LogP contribution is -2.49. The monoisotopic (exact) mass is 454 g/mol. The number of aliphatic hydroxyl groups excluding tert-OH is 1. The Hall–Kier alpha value is -2.49. The molecule has 9 heteroatoms. The summed E-state index contributed by atoms with van der Waals surface area (Å²) in [4.78, 5) is 4.03. The summed E-state index contributed by atoms with van der Waals surface area (Å²) in [7, 11) is 3.14. The van der Waals surface area contributed by atoms with Crippen molar-refractivity contribution in [2.75, 3.05) is 58.5 Å². The summed E-state index contributed by atoms with van der Waals surface area (Å²) in [5, 5.41) is 10.3. The number of alkyl halides is 3. The van der Waals surface area contributed by atoms with E-state index in [-0.39, 0.29) is 6.61 Å². The molecule has 0 amide bonds. The zero-order valence-electron chi connectivity index (χ0n) is 18.3. The first kappa shape index (κ1) is 24.2. The van der Waals surface area contributed by atoms with E-state index in [4.69, 9.17) is 14.2 Å². The van der Waals surface area contributed by atoms with Crippen LogP contribution in [0, 0.1) is 0 Å². The second-order valence-electron chi connectivity index (χ2n) is 7.69. The average Bonchev–Trinajstić information content (AvgIpc) is 2.79. The minimum absolute atomic E-state index is 0.183. The Morgan fingerprint density at radius 1 is 0.969 bits per heavy atom. The Balaban J connectivity index is 1.42. The van der Waals surface area contributed by atoms with Crippen LogP contribution in [0.5, 0.6) is 11.5 Å². The van der Waals surface area contributed by atoms with Gasteiger partial charge < -0.3 is 24.2 Å². The Bertz CT molecular complexity index is 871. The van der Waals surface area contributed by atoms with E-state index in [9.17, 15) is 18.3 Å². The molecule has 0 saturated carbocycles. The highest BCUT2D eigenvalue weighted by atomic mass is 19.4. The van der Waals surface area contributed by atoms with E-state index in [1.54, 1.807) is 26.4 Å². The molecule has 3 rings (SSSR count). The fraction of sp³-hybridized carbons (Fsp3) is 0.478. The third-order valence-corrected chi connectivity index (χ3v) is 5.41. The summed E-state index contributed by atoms with van der Waals surface area (Å²) in [6.07, 6.45) is -5.01. The van der Waals surface area contributed by atoms with Gasteiger partial charge in [0.15, 0.2) is 11.5 Å². The maximum absolute atomic E-state index is 12.9. The van der Waals surface area contributed by atoms with Crippen molar-refractivity contribution >= 4 is 5.69 Å². The van der Waals surface area contributed by atoms with Crippen LogP contribution in [0.4, 0.5) is 18.9 Å². The van der Waals surface area contributed by atoms with Gasteiger partial charge >= 0.3 is 6.18 Å². The van der Waals surface area contributed by atoms with Crippen LogP contribution in [-0.2, 0) is 17.5 Å². The molecule has 176 valence electrons. The standard InChI is InChI=1S/C23H29F3N2O4/c1-30-21-7-6-17(12-22(21)31-2)15-32-16-20(29)14-27-8-10-28(11-9-27)19-5-3-4-18(13-19)23(24,25)26/h3-7,12-13,20,29H,8-11,14-16H2,1-2H3. The number of ether oxygens (including phenoxy) is 3. The Morgan fingerprint density at radius 3 is 2.34 bits per heavy atom. The van der Waals surface area contributed by atoms with Gasteiger partial charge in [0.1, 0.15) is 0 Å². The van der Waals surface area contributed by atoms with Crippen LogP contribution in [0.25, 0.3) is 0 Å². The molecule has 2 aromatic carbocycles. The number of anilines is 1. The molecule has 6 nitrogen and oxygen atoms in total. The summed E-state index contributed by atoms with van der Waals surface area (Å²) in [5.74, 6) is 1.26. The predicted octanol–water partition coefficient (Wildman–Crippen LogP) is 3.42. The molecule has 1 heterocycles. The van der Waals surface area contributed by atoms with Gasteiger partial charge in [-0.3, -0.25) is 4.90 Å². The molecule has 1 aliphatic rings. The lowest BCUT2D eigenvalue weighted by Gasteiger charge is -2.37. The highest BCUT2D eigenvalue weighted by Crippen LogP contribution is 2.32. The van der Waals surface area contributed by atoms with Gasteiger partial charge in [-0.15, -0.1) is 0 Å². The summed E-state index contributed by atoms with van der Waals surface area (Å²) in [6, 6.07) is 10.9. The van der Waals surface area contributed by atoms with Crippen LogP contribution in [0.1, 0.15) is 11.1 Å².